The Balaban J connectivity index is 1.46. The van der Waals surface area contributed by atoms with Crippen molar-refractivity contribution in [2.24, 2.45) is 0 Å². The molecule has 12 heteroatoms. The Morgan fingerprint density at radius 1 is 1.32 bits per heavy atom. The van der Waals surface area contributed by atoms with E-state index >= 15 is 4.39 Å². The van der Waals surface area contributed by atoms with Crippen molar-refractivity contribution >= 4 is 52.1 Å². The normalized spacial score (nSPS) is 15.6. The number of halogens is 2. The number of rotatable bonds is 8. The van der Waals surface area contributed by atoms with Gasteiger partial charge < -0.3 is 14.0 Å². The molecule has 1 unspecified atom stereocenters. The van der Waals surface area contributed by atoms with Gasteiger partial charge in [0.15, 0.2) is 0 Å². The molecule has 1 fully saturated rings. The van der Waals surface area contributed by atoms with Crippen LogP contribution >= 0.6 is 22.9 Å². The molecule has 1 aliphatic rings. The van der Waals surface area contributed by atoms with E-state index in [1.165, 1.54) is 32.7 Å². The van der Waals surface area contributed by atoms with Gasteiger partial charge in [0.2, 0.25) is 0 Å². The van der Waals surface area contributed by atoms with E-state index in [1.54, 1.807) is 36.7 Å². The average Bonchev–Trinajstić information content (AvgIpc) is 3.42. The van der Waals surface area contributed by atoms with Crippen molar-refractivity contribution in [1.82, 2.24) is 24.3 Å². The van der Waals surface area contributed by atoms with Crippen LogP contribution in [0.5, 0.6) is 0 Å². The molecule has 0 aliphatic carbocycles. The van der Waals surface area contributed by atoms with Gasteiger partial charge in [-0.05, 0) is 49.6 Å². The van der Waals surface area contributed by atoms with E-state index in [2.05, 4.69) is 9.82 Å². The van der Waals surface area contributed by atoms with Gasteiger partial charge in [-0.25, -0.2) is 19.2 Å². The zero-order chi connectivity index (χ0) is 24.2. The van der Waals surface area contributed by atoms with Gasteiger partial charge in [0, 0.05) is 48.2 Å². The number of hydrazine groups is 1. The highest BCUT2D eigenvalue weighted by Crippen LogP contribution is 2.26. The number of imidazole rings is 1. The molecule has 34 heavy (non-hydrogen) atoms. The van der Waals surface area contributed by atoms with Crippen molar-refractivity contribution in [2.75, 3.05) is 32.1 Å². The number of carbonyl (C=O) groups excluding carboxylic acids is 1. The van der Waals surface area contributed by atoms with E-state index < -0.39 is 23.2 Å². The van der Waals surface area contributed by atoms with Crippen molar-refractivity contribution < 1.29 is 13.7 Å². The zero-order valence-corrected chi connectivity index (χ0v) is 21.0. The van der Waals surface area contributed by atoms with Crippen LogP contribution in [-0.2, 0) is 17.9 Å². The summed E-state index contributed by atoms with van der Waals surface area (Å²) in [4.78, 5) is 24.2. The molecule has 180 valence electrons. The zero-order valence-electron chi connectivity index (χ0n) is 18.6. The van der Waals surface area contributed by atoms with Crippen molar-refractivity contribution in [2.45, 2.75) is 13.0 Å². The van der Waals surface area contributed by atoms with E-state index in [0.717, 1.165) is 10.7 Å². The van der Waals surface area contributed by atoms with Crippen LogP contribution in [0.4, 0.5) is 14.9 Å². The van der Waals surface area contributed by atoms with Crippen LogP contribution in [0.25, 0.3) is 11.8 Å². The lowest BCUT2D eigenvalue weighted by atomic mass is 10.2. The van der Waals surface area contributed by atoms with Gasteiger partial charge >= 0.3 is 6.03 Å². The molecule has 2 amide bonds. The highest BCUT2D eigenvalue weighted by atomic mass is 35.5. The third-order valence-electron chi connectivity index (χ3n) is 5.05. The summed E-state index contributed by atoms with van der Waals surface area (Å²) in [7, 11) is 3.87. The van der Waals surface area contributed by atoms with E-state index in [0.29, 0.717) is 36.1 Å². The number of benzene rings is 1. The molecule has 1 atom stereocenters. The molecule has 1 N–H and O–H groups in total. The number of hydrogen-bond donors (Lipinski definition) is 1. The van der Waals surface area contributed by atoms with E-state index in [9.17, 15) is 9.35 Å². The minimum absolute atomic E-state index is 0.170. The Bertz CT molecular complexity index is 1180. The Labute approximate surface area is 209 Å². The van der Waals surface area contributed by atoms with Crippen LogP contribution in [0, 0.1) is 5.82 Å². The van der Waals surface area contributed by atoms with Gasteiger partial charge in [-0.15, -0.1) is 11.3 Å². The first-order chi connectivity index (χ1) is 16.3. The number of nitrogens with one attached hydrogen (secondary N) is 1. The number of thiophene rings is 1. The number of hydrogen-bond acceptors (Lipinski definition) is 6. The average molecular weight is 523 g/mol. The summed E-state index contributed by atoms with van der Waals surface area (Å²) in [5, 5.41) is 2.70. The maximum Gasteiger partial charge on any atom is 0.342 e. The Morgan fingerprint density at radius 2 is 2.15 bits per heavy atom. The quantitative estimate of drug-likeness (QED) is 0.447. The van der Waals surface area contributed by atoms with E-state index in [-0.39, 0.29) is 5.69 Å². The van der Waals surface area contributed by atoms with Crippen LogP contribution in [0.2, 0.25) is 4.34 Å². The first-order valence-electron chi connectivity index (χ1n) is 10.5. The molecule has 0 saturated carbocycles. The summed E-state index contributed by atoms with van der Waals surface area (Å²) < 4.78 is 30.0. The molecular formula is C22H24ClFN6O2S2. The number of anilines is 1. The lowest BCUT2D eigenvalue weighted by molar-refractivity contribution is 0.185. The van der Waals surface area contributed by atoms with Gasteiger partial charge in [-0.2, -0.15) is 0 Å². The van der Waals surface area contributed by atoms with Crippen LogP contribution in [-0.4, -0.2) is 57.2 Å². The van der Waals surface area contributed by atoms with Gasteiger partial charge in [-0.1, -0.05) is 11.6 Å². The summed E-state index contributed by atoms with van der Waals surface area (Å²) >= 11 is 5.62. The van der Waals surface area contributed by atoms with Crippen molar-refractivity contribution in [1.29, 1.82) is 0 Å². The summed E-state index contributed by atoms with van der Waals surface area (Å²) in [6.45, 7) is 1.33. The number of nitrogens with zero attached hydrogens (tertiary/aromatic N) is 5. The first kappa shape index (κ1) is 24.7. The predicted molar refractivity (Wildman–Crippen MR) is 135 cm³/mol. The third kappa shape index (κ3) is 5.80. The molecule has 8 nitrogen and oxygen atoms in total. The van der Waals surface area contributed by atoms with Gasteiger partial charge in [-0.3, -0.25) is 4.90 Å². The molecule has 0 bridgehead atoms. The third-order valence-corrected chi connectivity index (χ3v) is 7.03. The molecule has 3 aromatic rings. The fraction of sp³-hybridized carbons (Fsp3) is 0.273. The summed E-state index contributed by atoms with van der Waals surface area (Å²) in [6.07, 6.45) is 5.71. The van der Waals surface area contributed by atoms with Crippen molar-refractivity contribution in [3.8, 4) is 5.69 Å². The fourth-order valence-electron chi connectivity index (χ4n) is 3.55. The number of amides is 2. The molecular weight excluding hydrogens is 499 g/mol. The highest BCUT2D eigenvalue weighted by molar-refractivity contribution is 7.92. The standard InChI is InChI=1S/C22H24ClFN6O2S2/c1-27(2)15-21-25-9-12-28(21)16-4-6-19(18(24)14-16)29-10-3-11-30(22(29)31)26-34(32)13-8-17-5-7-20(23)33-17/h4-9,12-14,26H,3,10-11,15H2,1-2H3/b13-8+. The van der Waals surface area contributed by atoms with Gasteiger partial charge in [0.25, 0.3) is 0 Å². The number of aromatic nitrogens is 2. The fourth-order valence-corrected chi connectivity index (χ4v) is 5.32. The predicted octanol–water partition coefficient (Wildman–Crippen LogP) is 4.26. The van der Waals surface area contributed by atoms with Crippen LogP contribution in [0.3, 0.4) is 0 Å². The van der Waals surface area contributed by atoms with Gasteiger partial charge in [0.1, 0.15) is 17.0 Å². The monoisotopic (exact) mass is 522 g/mol. The lowest BCUT2D eigenvalue weighted by Crippen LogP contribution is -2.56. The maximum absolute atomic E-state index is 15.1. The second kappa shape index (κ2) is 10.9. The molecule has 1 aromatic carbocycles. The van der Waals surface area contributed by atoms with Crippen LogP contribution < -0.4 is 9.73 Å². The molecule has 2 aromatic heterocycles. The van der Waals surface area contributed by atoms with Crippen molar-refractivity contribution in [3.63, 3.8) is 0 Å². The van der Waals surface area contributed by atoms with Crippen LogP contribution in [0.15, 0.2) is 48.1 Å². The van der Waals surface area contributed by atoms with E-state index in [4.69, 9.17) is 11.6 Å². The first-order valence-corrected chi connectivity index (χ1v) is 12.9. The minimum Gasteiger partial charge on any atom is -0.592 e. The second-order valence-corrected chi connectivity index (χ2v) is 10.7. The SMILES string of the molecule is CN(C)Cc1nccn1-c1ccc(N2CCCN(N[S+]([O-])/C=C/c3ccc(Cl)s3)C2=O)c(F)c1. The molecule has 1 saturated heterocycles. The number of carbonyl (C=O) groups is 1. The largest absolute Gasteiger partial charge is 0.592 e. The Hall–Kier alpha value is -2.41. The summed E-state index contributed by atoms with van der Waals surface area (Å²) in [5.41, 5.74) is 0.791. The molecule has 0 spiro atoms. The van der Waals surface area contributed by atoms with Crippen LogP contribution in [0.1, 0.15) is 17.1 Å². The maximum atomic E-state index is 15.1. The minimum atomic E-state index is -1.63. The topological polar surface area (TPSA) is 79.7 Å². The molecule has 3 heterocycles. The van der Waals surface area contributed by atoms with Gasteiger partial charge in [0.05, 0.1) is 27.9 Å². The van der Waals surface area contributed by atoms with E-state index in [1.807, 2.05) is 29.6 Å². The smallest absolute Gasteiger partial charge is 0.342 e. The Kier molecular flexibility index (Phi) is 7.91. The summed E-state index contributed by atoms with van der Waals surface area (Å²) in [6, 6.07) is 7.84. The summed E-state index contributed by atoms with van der Waals surface area (Å²) in [5.74, 6) is 0.259. The molecule has 1 aliphatic heterocycles. The molecule has 0 radical (unpaired) electrons. The van der Waals surface area contributed by atoms with Crippen molar-refractivity contribution in [3.05, 3.63) is 69.0 Å². The lowest BCUT2D eigenvalue weighted by Gasteiger charge is -2.34. The second-order valence-electron chi connectivity index (χ2n) is 7.86. The molecule has 4 rings (SSSR count). The highest BCUT2D eigenvalue weighted by Gasteiger charge is 2.31. The Morgan fingerprint density at radius 3 is 2.85 bits per heavy atom. The number of urea groups is 1.